The molecule has 100 valence electrons. The maximum Gasteiger partial charge on any atom is 0.128 e. The first-order chi connectivity index (χ1) is 8.70. The predicted octanol–water partition coefficient (Wildman–Crippen LogP) is 1.70. The molecule has 0 radical (unpaired) electrons. The summed E-state index contributed by atoms with van der Waals surface area (Å²) in [5.41, 5.74) is 6.89. The number of piperidine rings is 1. The molecule has 4 heteroatoms. The van der Waals surface area contributed by atoms with Crippen molar-refractivity contribution in [1.82, 2.24) is 4.98 Å². The van der Waals surface area contributed by atoms with Crippen LogP contribution in [0.15, 0.2) is 18.3 Å². The van der Waals surface area contributed by atoms with Crippen molar-refractivity contribution in [2.24, 2.45) is 11.7 Å². The Hall–Kier alpha value is -1.13. The maximum absolute atomic E-state index is 9.02. The second kappa shape index (κ2) is 6.16. The zero-order valence-electron chi connectivity index (χ0n) is 11.0. The molecule has 3 N–H and O–H groups in total. The normalized spacial score (nSPS) is 21.9. The Bertz CT molecular complexity index is 362. The van der Waals surface area contributed by atoms with E-state index in [4.69, 9.17) is 10.8 Å². The third-order valence-corrected chi connectivity index (χ3v) is 3.68. The Kier molecular flexibility index (Phi) is 4.55. The van der Waals surface area contributed by atoms with Crippen LogP contribution in [-0.4, -0.2) is 29.8 Å². The molecule has 0 aliphatic carbocycles. The van der Waals surface area contributed by atoms with Gasteiger partial charge in [-0.2, -0.15) is 0 Å². The minimum atomic E-state index is 0.0371. The molecule has 1 aliphatic rings. The summed E-state index contributed by atoms with van der Waals surface area (Å²) in [5.74, 6) is 1.63. The van der Waals surface area contributed by atoms with Crippen molar-refractivity contribution in [3.05, 3.63) is 23.9 Å². The number of pyridine rings is 1. The van der Waals surface area contributed by atoms with E-state index in [1.165, 1.54) is 12.8 Å². The number of hydrogen-bond donors (Lipinski definition) is 2. The molecule has 2 heterocycles. The van der Waals surface area contributed by atoms with Crippen molar-refractivity contribution < 1.29 is 5.11 Å². The molecule has 1 aromatic heterocycles. The van der Waals surface area contributed by atoms with Crippen LogP contribution >= 0.6 is 0 Å². The number of nitrogens with zero attached hydrogens (tertiary/aromatic N) is 2. The van der Waals surface area contributed by atoms with E-state index in [1.54, 1.807) is 0 Å². The Morgan fingerprint density at radius 1 is 1.56 bits per heavy atom. The van der Waals surface area contributed by atoms with Crippen molar-refractivity contribution in [1.29, 1.82) is 0 Å². The van der Waals surface area contributed by atoms with Gasteiger partial charge < -0.3 is 15.7 Å². The largest absolute Gasteiger partial charge is 0.396 e. The number of anilines is 1. The van der Waals surface area contributed by atoms with Gasteiger partial charge in [-0.05, 0) is 43.7 Å². The molecule has 0 aromatic carbocycles. The zero-order chi connectivity index (χ0) is 13.0. The Labute approximate surface area is 109 Å². The number of nitrogens with two attached hydrogens (primary N) is 1. The molecule has 1 aliphatic heterocycles. The summed E-state index contributed by atoms with van der Waals surface area (Å²) in [6.07, 6.45) is 5.17. The Morgan fingerprint density at radius 2 is 2.39 bits per heavy atom. The molecule has 18 heavy (non-hydrogen) atoms. The van der Waals surface area contributed by atoms with E-state index in [0.717, 1.165) is 30.9 Å². The van der Waals surface area contributed by atoms with Gasteiger partial charge in [-0.1, -0.05) is 6.07 Å². The first-order valence-corrected chi connectivity index (χ1v) is 6.78. The lowest BCUT2D eigenvalue weighted by atomic mass is 9.95. The summed E-state index contributed by atoms with van der Waals surface area (Å²) >= 11 is 0. The lowest BCUT2D eigenvalue weighted by Gasteiger charge is -2.33. The standard InChI is InChI=1S/C14H23N3O/c1-11(15)13-4-5-14(16-9-13)17-7-2-3-12(10-17)6-8-18/h4-5,9,11-12,18H,2-3,6-8,10,15H2,1H3. The van der Waals surface area contributed by atoms with Gasteiger partial charge in [0, 0.05) is 31.9 Å². The second-order valence-corrected chi connectivity index (χ2v) is 5.20. The van der Waals surface area contributed by atoms with Crippen LogP contribution in [0.25, 0.3) is 0 Å². The van der Waals surface area contributed by atoms with E-state index in [-0.39, 0.29) is 12.6 Å². The molecule has 2 unspecified atom stereocenters. The minimum Gasteiger partial charge on any atom is -0.396 e. The fourth-order valence-electron chi connectivity index (χ4n) is 2.55. The molecule has 0 saturated carbocycles. The van der Waals surface area contributed by atoms with Crippen LogP contribution in [0.2, 0.25) is 0 Å². The number of hydrogen-bond acceptors (Lipinski definition) is 4. The van der Waals surface area contributed by atoms with E-state index in [0.29, 0.717) is 5.92 Å². The van der Waals surface area contributed by atoms with Crippen LogP contribution < -0.4 is 10.6 Å². The van der Waals surface area contributed by atoms with Crippen LogP contribution in [0.5, 0.6) is 0 Å². The predicted molar refractivity (Wildman–Crippen MR) is 73.5 cm³/mol. The zero-order valence-corrected chi connectivity index (χ0v) is 11.0. The van der Waals surface area contributed by atoms with Gasteiger partial charge in [-0.15, -0.1) is 0 Å². The molecule has 2 rings (SSSR count). The number of rotatable bonds is 4. The van der Waals surface area contributed by atoms with Gasteiger partial charge in [-0.25, -0.2) is 4.98 Å². The minimum absolute atomic E-state index is 0.0371. The molecule has 1 aromatic rings. The van der Waals surface area contributed by atoms with Crippen LogP contribution in [0.1, 0.15) is 37.8 Å². The lowest BCUT2D eigenvalue weighted by Crippen LogP contribution is -2.36. The SMILES string of the molecule is CC(N)c1ccc(N2CCCC(CCO)C2)nc1. The molecule has 1 fully saturated rings. The van der Waals surface area contributed by atoms with Gasteiger partial charge in [0.25, 0.3) is 0 Å². The molecule has 0 bridgehead atoms. The van der Waals surface area contributed by atoms with Crippen molar-refractivity contribution in [2.75, 3.05) is 24.6 Å². The van der Waals surface area contributed by atoms with Crippen LogP contribution in [-0.2, 0) is 0 Å². The van der Waals surface area contributed by atoms with E-state index in [9.17, 15) is 0 Å². The molecular formula is C14H23N3O. The topological polar surface area (TPSA) is 62.4 Å². The van der Waals surface area contributed by atoms with E-state index in [2.05, 4.69) is 22.0 Å². The summed E-state index contributed by atoms with van der Waals surface area (Å²) in [4.78, 5) is 6.82. The van der Waals surface area contributed by atoms with Gasteiger partial charge in [-0.3, -0.25) is 0 Å². The highest BCUT2D eigenvalue weighted by Gasteiger charge is 2.20. The molecule has 0 spiro atoms. The number of aromatic nitrogens is 1. The third-order valence-electron chi connectivity index (χ3n) is 3.68. The van der Waals surface area contributed by atoms with E-state index < -0.39 is 0 Å². The smallest absolute Gasteiger partial charge is 0.128 e. The lowest BCUT2D eigenvalue weighted by molar-refractivity contribution is 0.244. The van der Waals surface area contributed by atoms with Gasteiger partial charge in [0.2, 0.25) is 0 Å². The summed E-state index contributed by atoms with van der Waals surface area (Å²) in [7, 11) is 0. The van der Waals surface area contributed by atoms with Crippen molar-refractivity contribution in [3.63, 3.8) is 0 Å². The molecular weight excluding hydrogens is 226 g/mol. The fraction of sp³-hybridized carbons (Fsp3) is 0.643. The average Bonchev–Trinajstić information content (AvgIpc) is 2.39. The van der Waals surface area contributed by atoms with Gasteiger partial charge in [0.15, 0.2) is 0 Å². The van der Waals surface area contributed by atoms with Gasteiger partial charge in [0.05, 0.1) is 0 Å². The summed E-state index contributed by atoms with van der Waals surface area (Å²) in [5, 5.41) is 9.02. The summed E-state index contributed by atoms with van der Waals surface area (Å²) < 4.78 is 0. The number of aliphatic hydroxyl groups is 1. The fourth-order valence-corrected chi connectivity index (χ4v) is 2.55. The van der Waals surface area contributed by atoms with Crippen molar-refractivity contribution in [3.8, 4) is 0 Å². The molecule has 0 amide bonds. The van der Waals surface area contributed by atoms with Crippen molar-refractivity contribution in [2.45, 2.75) is 32.2 Å². The number of aliphatic hydroxyl groups excluding tert-OH is 1. The van der Waals surface area contributed by atoms with Crippen LogP contribution in [0.3, 0.4) is 0 Å². The monoisotopic (exact) mass is 249 g/mol. The highest BCUT2D eigenvalue weighted by Crippen LogP contribution is 2.24. The van der Waals surface area contributed by atoms with Crippen LogP contribution in [0, 0.1) is 5.92 Å². The van der Waals surface area contributed by atoms with E-state index >= 15 is 0 Å². The Balaban J connectivity index is 2.02. The first-order valence-electron chi connectivity index (χ1n) is 6.78. The average molecular weight is 249 g/mol. The van der Waals surface area contributed by atoms with Crippen molar-refractivity contribution >= 4 is 5.82 Å². The third kappa shape index (κ3) is 3.21. The molecule has 2 atom stereocenters. The van der Waals surface area contributed by atoms with Gasteiger partial charge >= 0.3 is 0 Å². The van der Waals surface area contributed by atoms with Crippen LogP contribution in [0.4, 0.5) is 5.82 Å². The molecule has 1 saturated heterocycles. The first kappa shape index (κ1) is 13.3. The Morgan fingerprint density at radius 3 is 3.00 bits per heavy atom. The quantitative estimate of drug-likeness (QED) is 0.852. The van der Waals surface area contributed by atoms with Gasteiger partial charge in [0.1, 0.15) is 5.82 Å². The maximum atomic E-state index is 9.02. The molecule has 4 nitrogen and oxygen atoms in total. The second-order valence-electron chi connectivity index (χ2n) is 5.20. The summed E-state index contributed by atoms with van der Waals surface area (Å²) in [6.45, 7) is 4.32. The highest BCUT2D eigenvalue weighted by atomic mass is 16.3. The highest BCUT2D eigenvalue weighted by molar-refractivity contribution is 5.40. The van der Waals surface area contributed by atoms with E-state index in [1.807, 2.05) is 13.1 Å². The summed E-state index contributed by atoms with van der Waals surface area (Å²) in [6, 6.07) is 4.15.